The minimum Gasteiger partial charge on any atom is -0.491 e. The molecule has 1 saturated carbocycles. The van der Waals surface area contributed by atoms with Gasteiger partial charge in [-0.15, -0.1) is 0 Å². The van der Waals surface area contributed by atoms with E-state index in [2.05, 4.69) is 12.1 Å². The zero-order valence-corrected chi connectivity index (χ0v) is 8.57. The third-order valence-corrected chi connectivity index (χ3v) is 3.34. The molecule has 1 aliphatic carbocycles. The monoisotopic (exact) mass is 195 g/mol. The van der Waals surface area contributed by atoms with Crippen molar-refractivity contribution in [3.63, 3.8) is 0 Å². The molecule has 0 amide bonds. The lowest BCUT2D eigenvalue weighted by molar-refractivity contribution is 0.268. The second-order valence-corrected chi connectivity index (χ2v) is 4.21. The smallest absolute Gasteiger partial charge is 0.251 e. The van der Waals surface area contributed by atoms with E-state index in [-0.39, 0.29) is 5.88 Å². The number of hydrogen-bond acceptors (Lipinski definition) is 3. The van der Waals surface area contributed by atoms with Crippen LogP contribution < -0.4 is 0 Å². The van der Waals surface area contributed by atoms with Crippen LogP contribution in [0, 0.1) is 5.92 Å². The molecule has 14 heavy (non-hydrogen) atoms. The van der Waals surface area contributed by atoms with Crippen LogP contribution in [0.2, 0.25) is 0 Å². The first-order valence-corrected chi connectivity index (χ1v) is 5.45. The second kappa shape index (κ2) is 4.03. The molecule has 2 rings (SSSR count). The fourth-order valence-corrected chi connectivity index (χ4v) is 2.33. The molecule has 1 fully saturated rings. The molecule has 1 N–H and O–H groups in total. The molecule has 0 atom stereocenters. The molecule has 0 aromatic carbocycles. The van der Waals surface area contributed by atoms with Crippen LogP contribution in [0.5, 0.6) is 5.88 Å². The molecule has 1 heterocycles. The third kappa shape index (κ3) is 1.91. The molecule has 1 aromatic heterocycles. The Morgan fingerprint density at radius 1 is 1.43 bits per heavy atom. The molecule has 3 heteroatoms. The van der Waals surface area contributed by atoms with Gasteiger partial charge in [0.1, 0.15) is 5.76 Å². The van der Waals surface area contributed by atoms with Gasteiger partial charge in [-0.2, -0.15) is 0 Å². The van der Waals surface area contributed by atoms with E-state index >= 15 is 0 Å². The summed E-state index contributed by atoms with van der Waals surface area (Å²) < 4.78 is 5.07. The Hall–Kier alpha value is -0.990. The summed E-state index contributed by atoms with van der Waals surface area (Å²) in [4.78, 5) is 0. The van der Waals surface area contributed by atoms with Crippen molar-refractivity contribution in [3.8, 4) is 5.88 Å². The number of nitrogens with zero attached hydrogens (tertiary/aromatic N) is 1. The summed E-state index contributed by atoms with van der Waals surface area (Å²) >= 11 is 0. The van der Waals surface area contributed by atoms with Crippen LogP contribution in [0.3, 0.4) is 0 Å². The Morgan fingerprint density at radius 3 is 2.64 bits per heavy atom. The molecule has 1 aromatic rings. The predicted octanol–water partition coefficient (Wildman–Crippen LogP) is 3.06. The van der Waals surface area contributed by atoms with Gasteiger partial charge < -0.3 is 9.63 Å². The van der Waals surface area contributed by atoms with Crippen molar-refractivity contribution in [1.29, 1.82) is 0 Å². The Bertz CT molecular complexity index is 287. The Morgan fingerprint density at radius 2 is 2.14 bits per heavy atom. The predicted molar refractivity (Wildman–Crippen MR) is 53.2 cm³/mol. The zero-order valence-electron chi connectivity index (χ0n) is 8.57. The molecular formula is C11H17NO2. The number of aromatic hydroxyl groups is 1. The maximum atomic E-state index is 9.08. The van der Waals surface area contributed by atoms with Crippen molar-refractivity contribution in [1.82, 2.24) is 5.16 Å². The molecule has 0 aliphatic heterocycles. The lowest BCUT2D eigenvalue weighted by atomic mass is 9.80. The van der Waals surface area contributed by atoms with E-state index in [1.807, 2.05) is 0 Å². The van der Waals surface area contributed by atoms with E-state index in [1.54, 1.807) is 6.07 Å². The van der Waals surface area contributed by atoms with Crippen LogP contribution in [0.25, 0.3) is 0 Å². The molecule has 78 valence electrons. The van der Waals surface area contributed by atoms with E-state index in [0.29, 0.717) is 5.92 Å². The number of hydrogen-bond donors (Lipinski definition) is 1. The van der Waals surface area contributed by atoms with Crippen LogP contribution >= 0.6 is 0 Å². The molecule has 0 spiro atoms. The van der Waals surface area contributed by atoms with Crippen molar-refractivity contribution in [2.75, 3.05) is 0 Å². The molecule has 3 nitrogen and oxygen atoms in total. The zero-order chi connectivity index (χ0) is 9.97. The lowest BCUT2D eigenvalue weighted by Gasteiger charge is -2.25. The molecule has 0 saturated heterocycles. The third-order valence-electron chi connectivity index (χ3n) is 3.34. The quantitative estimate of drug-likeness (QED) is 0.788. The number of rotatable bonds is 2. The van der Waals surface area contributed by atoms with Gasteiger partial charge in [0.25, 0.3) is 5.88 Å². The van der Waals surface area contributed by atoms with Crippen LogP contribution in [0.4, 0.5) is 0 Å². The average Bonchev–Trinajstić information content (AvgIpc) is 2.65. The van der Waals surface area contributed by atoms with E-state index in [1.165, 1.54) is 32.1 Å². The van der Waals surface area contributed by atoms with E-state index in [4.69, 9.17) is 9.63 Å². The highest BCUT2D eigenvalue weighted by Crippen LogP contribution is 2.37. The highest BCUT2D eigenvalue weighted by Gasteiger charge is 2.24. The highest BCUT2D eigenvalue weighted by atomic mass is 16.5. The van der Waals surface area contributed by atoms with Crippen molar-refractivity contribution in [3.05, 3.63) is 11.8 Å². The summed E-state index contributed by atoms with van der Waals surface area (Å²) in [7, 11) is 0. The van der Waals surface area contributed by atoms with Crippen LogP contribution in [-0.4, -0.2) is 10.3 Å². The lowest BCUT2D eigenvalue weighted by Crippen LogP contribution is -2.11. The standard InChI is InChI=1S/C11H17NO2/c1-2-8-3-5-9(6-4-8)10-7-11(13)12-14-10/h7-9H,2-6H2,1H3,(H,12,13). The normalized spacial score (nSPS) is 27.8. The van der Waals surface area contributed by atoms with Crippen LogP contribution in [-0.2, 0) is 0 Å². The van der Waals surface area contributed by atoms with Gasteiger partial charge in [-0.3, -0.25) is 0 Å². The van der Waals surface area contributed by atoms with Crippen molar-refractivity contribution in [2.45, 2.75) is 44.9 Å². The minimum absolute atomic E-state index is 0.0117. The number of aromatic nitrogens is 1. The van der Waals surface area contributed by atoms with E-state index in [0.717, 1.165) is 11.7 Å². The minimum atomic E-state index is 0.0117. The van der Waals surface area contributed by atoms with Gasteiger partial charge in [0.2, 0.25) is 0 Å². The van der Waals surface area contributed by atoms with Gasteiger partial charge in [0.15, 0.2) is 0 Å². The van der Waals surface area contributed by atoms with Gasteiger partial charge in [0, 0.05) is 12.0 Å². The second-order valence-electron chi connectivity index (χ2n) is 4.21. The molecule has 1 aliphatic rings. The van der Waals surface area contributed by atoms with Crippen molar-refractivity contribution < 1.29 is 9.63 Å². The van der Waals surface area contributed by atoms with Gasteiger partial charge in [-0.1, -0.05) is 13.3 Å². The first-order valence-electron chi connectivity index (χ1n) is 5.45. The first-order chi connectivity index (χ1) is 6.79. The van der Waals surface area contributed by atoms with Crippen molar-refractivity contribution in [2.24, 2.45) is 5.92 Å². The Kier molecular flexibility index (Phi) is 2.75. The fraction of sp³-hybridized carbons (Fsp3) is 0.727. The van der Waals surface area contributed by atoms with Crippen molar-refractivity contribution >= 4 is 0 Å². The van der Waals surface area contributed by atoms with Gasteiger partial charge in [-0.05, 0) is 36.8 Å². The fourth-order valence-electron chi connectivity index (χ4n) is 2.33. The topological polar surface area (TPSA) is 46.3 Å². The maximum absolute atomic E-state index is 9.08. The molecule has 0 unspecified atom stereocenters. The van der Waals surface area contributed by atoms with E-state index < -0.39 is 0 Å². The molecule has 0 radical (unpaired) electrons. The average molecular weight is 195 g/mol. The van der Waals surface area contributed by atoms with Gasteiger partial charge >= 0.3 is 0 Å². The van der Waals surface area contributed by atoms with Crippen LogP contribution in [0.15, 0.2) is 10.6 Å². The van der Waals surface area contributed by atoms with E-state index in [9.17, 15) is 0 Å². The Balaban J connectivity index is 1.95. The van der Waals surface area contributed by atoms with Gasteiger partial charge in [-0.25, -0.2) is 0 Å². The SMILES string of the molecule is CCC1CCC(c2cc(O)no2)CC1. The summed E-state index contributed by atoms with van der Waals surface area (Å²) in [5.41, 5.74) is 0. The summed E-state index contributed by atoms with van der Waals surface area (Å²) in [5.74, 6) is 2.24. The Labute approximate surface area is 84.1 Å². The highest BCUT2D eigenvalue weighted by molar-refractivity contribution is 5.13. The summed E-state index contributed by atoms with van der Waals surface area (Å²) in [6, 6.07) is 1.65. The summed E-state index contributed by atoms with van der Waals surface area (Å²) in [5, 5.41) is 12.6. The summed E-state index contributed by atoms with van der Waals surface area (Å²) in [6.45, 7) is 2.26. The van der Waals surface area contributed by atoms with Gasteiger partial charge in [0.05, 0.1) is 0 Å². The first kappa shape index (κ1) is 9.56. The maximum Gasteiger partial charge on any atom is 0.251 e. The van der Waals surface area contributed by atoms with Crippen LogP contribution in [0.1, 0.15) is 50.7 Å². The molecular weight excluding hydrogens is 178 g/mol. The largest absolute Gasteiger partial charge is 0.491 e. The summed E-state index contributed by atoms with van der Waals surface area (Å²) in [6.07, 6.45) is 6.19. The molecule has 0 bridgehead atoms.